The van der Waals surface area contributed by atoms with E-state index in [-0.39, 0.29) is 17.4 Å². The lowest BCUT2D eigenvalue weighted by atomic mass is 9.83. The topological polar surface area (TPSA) is 85.0 Å². The van der Waals surface area contributed by atoms with E-state index < -0.39 is 24.2 Å². The van der Waals surface area contributed by atoms with Crippen LogP contribution in [0.4, 0.5) is 13.2 Å². The summed E-state index contributed by atoms with van der Waals surface area (Å²) in [5.74, 6) is -0.647. The van der Waals surface area contributed by atoms with E-state index in [0.29, 0.717) is 13.1 Å². The van der Waals surface area contributed by atoms with Crippen molar-refractivity contribution in [3.8, 4) is 0 Å². The Kier molecular flexibility index (Phi) is 4.93. The number of aromatic nitrogens is 4. The molecule has 0 saturated carbocycles. The summed E-state index contributed by atoms with van der Waals surface area (Å²) in [5.41, 5.74) is 0.914. The number of carbonyl (C=O) groups excluding carboxylic acids is 1. The predicted molar refractivity (Wildman–Crippen MR) is 96.2 cm³/mol. The quantitative estimate of drug-likeness (QED) is 0.809. The van der Waals surface area contributed by atoms with Crippen LogP contribution in [-0.2, 0) is 20.1 Å². The first-order valence-corrected chi connectivity index (χ1v) is 9.36. The van der Waals surface area contributed by atoms with Crippen LogP contribution in [0.15, 0.2) is 23.1 Å². The van der Waals surface area contributed by atoms with Gasteiger partial charge in [0.1, 0.15) is 12.1 Å². The summed E-state index contributed by atoms with van der Waals surface area (Å²) >= 11 is 0. The van der Waals surface area contributed by atoms with E-state index in [0.717, 1.165) is 30.9 Å². The minimum atomic E-state index is -4.52. The summed E-state index contributed by atoms with van der Waals surface area (Å²) in [6.45, 7) is 1.18. The van der Waals surface area contributed by atoms with Crippen LogP contribution in [0, 0.1) is 5.92 Å². The first kappa shape index (κ1) is 19.6. The van der Waals surface area contributed by atoms with Crippen LogP contribution < -0.4 is 10.9 Å². The lowest BCUT2D eigenvalue weighted by Crippen LogP contribution is -2.48. The number of rotatable bonds is 4. The van der Waals surface area contributed by atoms with E-state index in [1.165, 1.54) is 6.07 Å². The van der Waals surface area contributed by atoms with Crippen LogP contribution in [0.2, 0.25) is 0 Å². The fourth-order valence-electron chi connectivity index (χ4n) is 4.32. The molecule has 4 rings (SSSR count). The number of amides is 1. The number of aryl methyl sites for hydroxylation is 1. The maximum Gasteiger partial charge on any atom is 0.405 e. The molecule has 11 heteroatoms. The largest absolute Gasteiger partial charge is 0.405 e. The molecule has 1 N–H and O–H groups in total. The van der Waals surface area contributed by atoms with Crippen molar-refractivity contribution in [1.29, 1.82) is 0 Å². The van der Waals surface area contributed by atoms with Gasteiger partial charge >= 0.3 is 6.18 Å². The summed E-state index contributed by atoms with van der Waals surface area (Å²) in [6.07, 6.45) is -1.71. The molecule has 2 aliphatic rings. The van der Waals surface area contributed by atoms with E-state index in [2.05, 4.69) is 15.2 Å². The molecule has 2 aromatic heterocycles. The number of hydrogen-bond acceptors (Lipinski definition) is 5. The van der Waals surface area contributed by atoms with Crippen LogP contribution >= 0.6 is 0 Å². The zero-order valence-corrected chi connectivity index (χ0v) is 15.8. The van der Waals surface area contributed by atoms with E-state index >= 15 is 0 Å². The zero-order chi connectivity index (χ0) is 20.8. The average Bonchev–Trinajstić information content (AvgIpc) is 3.04. The zero-order valence-electron chi connectivity index (χ0n) is 15.8. The standard InChI is InChI=1S/C18H21F3N6O2/c1-25-8-13(23-24-25)9-26-5-11-4-12(7-26)15-3-2-14(17(29)27(15)6-11)16(28)22-10-18(19,20)21/h2-3,8,11-12H,4-7,9-10H2,1H3,(H,22,28)/t11-,12+/m0/s1. The van der Waals surface area contributed by atoms with E-state index in [1.807, 2.05) is 13.2 Å². The Bertz CT molecular complexity index is 983. The normalized spacial score (nSPS) is 21.7. The van der Waals surface area contributed by atoms with Crippen LogP contribution in [0.25, 0.3) is 0 Å². The number of pyridine rings is 1. The summed E-state index contributed by atoms with van der Waals surface area (Å²) in [4.78, 5) is 27.1. The molecule has 4 heterocycles. The molecule has 0 unspecified atom stereocenters. The van der Waals surface area contributed by atoms with Crippen molar-refractivity contribution in [2.24, 2.45) is 13.0 Å². The molecule has 8 nitrogen and oxygen atoms in total. The minimum absolute atomic E-state index is 0.124. The maximum absolute atomic E-state index is 12.8. The van der Waals surface area contributed by atoms with E-state index in [1.54, 1.807) is 20.6 Å². The van der Waals surface area contributed by atoms with Crippen molar-refractivity contribution in [3.05, 3.63) is 45.6 Å². The highest BCUT2D eigenvalue weighted by Gasteiger charge is 2.36. The van der Waals surface area contributed by atoms with E-state index in [4.69, 9.17) is 0 Å². The molecule has 0 aliphatic carbocycles. The Morgan fingerprint density at radius 2 is 2.07 bits per heavy atom. The summed E-state index contributed by atoms with van der Waals surface area (Å²) in [6, 6.07) is 3.03. The Morgan fingerprint density at radius 1 is 1.28 bits per heavy atom. The fraction of sp³-hybridized carbons (Fsp3) is 0.556. The number of hydrogen-bond donors (Lipinski definition) is 1. The summed E-state index contributed by atoms with van der Waals surface area (Å²) in [7, 11) is 1.81. The van der Waals surface area contributed by atoms with Crippen LogP contribution in [0.1, 0.15) is 34.1 Å². The summed E-state index contributed by atoms with van der Waals surface area (Å²) < 4.78 is 40.2. The highest BCUT2D eigenvalue weighted by atomic mass is 19.4. The number of piperidine rings is 1. The number of carbonyl (C=O) groups is 1. The van der Waals surface area contributed by atoms with Gasteiger partial charge in [0.15, 0.2) is 0 Å². The van der Waals surface area contributed by atoms with Crippen molar-refractivity contribution in [1.82, 2.24) is 29.8 Å². The maximum atomic E-state index is 12.8. The van der Waals surface area contributed by atoms with Crippen molar-refractivity contribution >= 4 is 5.91 Å². The molecule has 29 heavy (non-hydrogen) atoms. The molecule has 1 amide bonds. The predicted octanol–water partition coefficient (Wildman–Crippen LogP) is 0.888. The van der Waals surface area contributed by atoms with Gasteiger partial charge in [-0.15, -0.1) is 5.10 Å². The second kappa shape index (κ2) is 7.29. The number of halogens is 3. The third-order valence-electron chi connectivity index (χ3n) is 5.41. The van der Waals surface area contributed by atoms with Crippen molar-refractivity contribution in [2.45, 2.75) is 31.6 Å². The van der Waals surface area contributed by atoms with Crippen LogP contribution in [0.3, 0.4) is 0 Å². The van der Waals surface area contributed by atoms with Gasteiger partial charge < -0.3 is 9.88 Å². The second-order valence-corrected chi connectivity index (χ2v) is 7.76. The SMILES string of the molecule is Cn1cc(CN2C[C@@H]3C[C@H](C2)c2ccc(C(=O)NCC(F)(F)F)c(=O)n2C3)nn1. The molecule has 0 radical (unpaired) electrons. The van der Waals surface area contributed by atoms with Crippen molar-refractivity contribution in [3.63, 3.8) is 0 Å². The van der Waals surface area contributed by atoms with Gasteiger partial charge in [-0.2, -0.15) is 13.2 Å². The van der Waals surface area contributed by atoms with Crippen LogP contribution in [0.5, 0.6) is 0 Å². The van der Waals surface area contributed by atoms with Gasteiger partial charge in [0.25, 0.3) is 11.5 Å². The second-order valence-electron chi connectivity index (χ2n) is 7.76. The van der Waals surface area contributed by atoms with E-state index in [9.17, 15) is 22.8 Å². The van der Waals surface area contributed by atoms with Gasteiger partial charge in [0.2, 0.25) is 0 Å². The van der Waals surface area contributed by atoms with Gasteiger partial charge in [-0.25, -0.2) is 0 Å². The smallest absolute Gasteiger partial charge is 0.343 e. The molecule has 2 bridgehead atoms. The molecule has 156 valence electrons. The highest BCUT2D eigenvalue weighted by molar-refractivity contribution is 5.93. The first-order chi connectivity index (χ1) is 13.7. The van der Waals surface area contributed by atoms with Gasteiger partial charge in [-0.3, -0.25) is 19.2 Å². The molecular formula is C18H21F3N6O2. The molecule has 2 aliphatic heterocycles. The van der Waals surface area contributed by atoms with Crippen molar-refractivity contribution in [2.75, 3.05) is 19.6 Å². The lowest BCUT2D eigenvalue weighted by Gasteiger charge is -2.42. The van der Waals surface area contributed by atoms with Gasteiger partial charge in [-0.1, -0.05) is 5.21 Å². The highest BCUT2D eigenvalue weighted by Crippen LogP contribution is 2.35. The van der Waals surface area contributed by atoms with Gasteiger partial charge in [0, 0.05) is 51.0 Å². The molecule has 2 atom stereocenters. The minimum Gasteiger partial charge on any atom is -0.343 e. The first-order valence-electron chi connectivity index (χ1n) is 9.36. The van der Waals surface area contributed by atoms with Gasteiger partial charge in [-0.05, 0) is 24.5 Å². The number of nitrogens with zero attached hydrogens (tertiary/aromatic N) is 5. The molecule has 0 spiro atoms. The third-order valence-corrected chi connectivity index (χ3v) is 5.41. The number of alkyl halides is 3. The molecule has 2 aromatic rings. The average molecular weight is 410 g/mol. The molecule has 1 fully saturated rings. The number of likely N-dealkylation sites (tertiary alicyclic amines) is 1. The Morgan fingerprint density at radius 3 is 2.76 bits per heavy atom. The fourth-order valence-corrected chi connectivity index (χ4v) is 4.32. The van der Waals surface area contributed by atoms with Crippen LogP contribution in [-0.4, -0.2) is 56.2 Å². The molecule has 0 aromatic carbocycles. The summed E-state index contributed by atoms with van der Waals surface area (Å²) in [5, 5.41) is 9.84. The third kappa shape index (κ3) is 4.19. The Balaban J connectivity index is 1.52. The Hall–Kier alpha value is -2.69. The number of nitrogens with one attached hydrogen (secondary N) is 1. The Labute approximate surface area is 164 Å². The number of fused-ring (bicyclic) bond motifs is 4. The molecular weight excluding hydrogens is 389 g/mol. The van der Waals surface area contributed by atoms with Gasteiger partial charge in [0.05, 0.1) is 5.69 Å². The molecule has 1 saturated heterocycles. The van der Waals surface area contributed by atoms with Crippen molar-refractivity contribution < 1.29 is 18.0 Å². The lowest BCUT2D eigenvalue weighted by molar-refractivity contribution is -0.123. The monoisotopic (exact) mass is 410 g/mol.